The van der Waals surface area contributed by atoms with Gasteiger partial charge < -0.3 is 15.0 Å². The molecule has 4 heteroatoms. The summed E-state index contributed by atoms with van der Waals surface area (Å²) < 4.78 is 5.76. The molecule has 118 valence electrons. The van der Waals surface area contributed by atoms with Crippen LogP contribution in [0.25, 0.3) is 0 Å². The van der Waals surface area contributed by atoms with Gasteiger partial charge >= 0.3 is 0 Å². The number of rotatable bonds is 7. The average Bonchev–Trinajstić information content (AvgIpc) is 2.48. The molecular formula is C17H29N3O. The average molecular weight is 291 g/mol. The van der Waals surface area contributed by atoms with Gasteiger partial charge in [-0.05, 0) is 50.8 Å². The summed E-state index contributed by atoms with van der Waals surface area (Å²) in [5.74, 6) is 2.61. The number of aromatic nitrogens is 1. The van der Waals surface area contributed by atoms with Gasteiger partial charge in [0.05, 0.1) is 6.61 Å². The quantitative estimate of drug-likeness (QED) is 0.837. The third kappa shape index (κ3) is 4.60. The van der Waals surface area contributed by atoms with Crippen molar-refractivity contribution in [3.63, 3.8) is 0 Å². The van der Waals surface area contributed by atoms with Crippen molar-refractivity contribution in [3.05, 3.63) is 18.3 Å². The van der Waals surface area contributed by atoms with E-state index in [0.29, 0.717) is 18.6 Å². The first-order chi connectivity index (χ1) is 10.2. The fraction of sp³-hybridized carbons (Fsp3) is 0.706. The summed E-state index contributed by atoms with van der Waals surface area (Å²) >= 11 is 0. The third-order valence-electron chi connectivity index (χ3n) is 3.88. The van der Waals surface area contributed by atoms with E-state index in [1.807, 2.05) is 25.3 Å². The van der Waals surface area contributed by atoms with Crippen molar-refractivity contribution in [2.75, 3.05) is 31.1 Å². The smallest absolute Gasteiger partial charge is 0.171 e. The topological polar surface area (TPSA) is 37.4 Å². The van der Waals surface area contributed by atoms with Crippen LogP contribution in [0.4, 0.5) is 5.82 Å². The molecule has 1 aliphatic rings. The van der Waals surface area contributed by atoms with E-state index in [1.54, 1.807) is 0 Å². The summed E-state index contributed by atoms with van der Waals surface area (Å²) in [4.78, 5) is 7.02. The maximum Gasteiger partial charge on any atom is 0.171 e. The number of hydrogen-bond donors (Lipinski definition) is 1. The lowest BCUT2D eigenvalue weighted by Crippen LogP contribution is -2.46. The summed E-state index contributed by atoms with van der Waals surface area (Å²) in [7, 11) is 0. The lowest BCUT2D eigenvalue weighted by atomic mass is 10.0. The molecule has 2 heterocycles. The molecule has 1 aromatic heterocycles. The Morgan fingerprint density at radius 1 is 1.43 bits per heavy atom. The summed E-state index contributed by atoms with van der Waals surface area (Å²) in [5, 5.41) is 3.60. The monoisotopic (exact) mass is 291 g/mol. The zero-order valence-corrected chi connectivity index (χ0v) is 13.6. The van der Waals surface area contributed by atoms with Crippen molar-refractivity contribution in [3.8, 4) is 5.75 Å². The molecule has 21 heavy (non-hydrogen) atoms. The predicted octanol–water partition coefficient (Wildman–Crippen LogP) is 3.08. The Hall–Kier alpha value is -1.29. The van der Waals surface area contributed by atoms with Crippen molar-refractivity contribution in [1.29, 1.82) is 0 Å². The van der Waals surface area contributed by atoms with Gasteiger partial charge in [0.2, 0.25) is 0 Å². The van der Waals surface area contributed by atoms with Crippen LogP contribution in [-0.4, -0.2) is 37.3 Å². The number of nitrogens with zero attached hydrogens (tertiary/aromatic N) is 2. The normalized spacial score (nSPS) is 19.0. The largest absolute Gasteiger partial charge is 0.490 e. The van der Waals surface area contributed by atoms with E-state index in [2.05, 4.69) is 29.0 Å². The van der Waals surface area contributed by atoms with E-state index >= 15 is 0 Å². The zero-order chi connectivity index (χ0) is 15.1. The molecular weight excluding hydrogens is 262 g/mol. The van der Waals surface area contributed by atoms with Crippen LogP contribution < -0.4 is 15.0 Å². The minimum Gasteiger partial charge on any atom is -0.490 e. The van der Waals surface area contributed by atoms with Crippen molar-refractivity contribution in [1.82, 2.24) is 10.3 Å². The lowest BCUT2D eigenvalue weighted by Gasteiger charge is -2.37. The second-order valence-corrected chi connectivity index (χ2v) is 6.15. The van der Waals surface area contributed by atoms with Crippen molar-refractivity contribution >= 4 is 5.82 Å². The van der Waals surface area contributed by atoms with Crippen LogP contribution in [0.3, 0.4) is 0 Å². The molecule has 1 aromatic rings. The molecule has 0 bridgehead atoms. The Bertz CT molecular complexity index is 422. The summed E-state index contributed by atoms with van der Waals surface area (Å²) in [5.41, 5.74) is 0. The summed E-state index contributed by atoms with van der Waals surface area (Å²) in [6.45, 7) is 10.4. The fourth-order valence-corrected chi connectivity index (χ4v) is 2.90. The Morgan fingerprint density at radius 3 is 3.05 bits per heavy atom. The highest BCUT2D eigenvalue weighted by molar-refractivity contribution is 5.53. The second kappa shape index (κ2) is 8.23. The highest BCUT2D eigenvalue weighted by atomic mass is 16.5. The van der Waals surface area contributed by atoms with Crippen LogP contribution in [0.1, 0.15) is 40.0 Å². The zero-order valence-electron chi connectivity index (χ0n) is 13.6. The van der Waals surface area contributed by atoms with Crippen LogP contribution in [0.15, 0.2) is 18.3 Å². The first-order valence-corrected chi connectivity index (χ1v) is 8.27. The van der Waals surface area contributed by atoms with Gasteiger partial charge in [-0.1, -0.05) is 13.8 Å². The maximum absolute atomic E-state index is 5.76. The van der Waals surface area contributed by atoms with Gasteiger partial charge in [0, 0.05) is 25.3 Å². The van der Waals surface area contributed by atoms with E-state index in [4.69, 9.17) is 4.74 Å². The number of ether oxygens (including phenoxy) is 1. The van der Waals surface area contributed by atoms with Crippen molar-refractivity contribution in [2.24, 2.45) is 5.92 Å². The standard InChI is InChI=1S/C17H29N3O/c1-4-21-16-9-7-10-19-17(16)20-11-6-5-8-15(20)13-18-12-14(2)3/h7,9-10,14-15,18H,4-6,8,11-13H2,1-3H3. The molecule has 0 aromatic carbocycles. The molecule has 1 N–H and O–H groups in total. The minimum atomic E-state index is 0.520. The molecule has 0 aliphatic carbocycles. The predicted molar refractivity (Wildman–Crippen MR) is 88.1 cm³/mol. The number of hydrogen-bond acceptors (Lipinski definition) is 4. The van der Waals surface area contributed by atoms with Crippen LogP contribution in [0, 0.1) is 5.92 Å². The molecule has 1 unspecified atom stereocenters. The van der Waals surface area contributed by atoms with Gasteiger partial charge in [0.1, 0.15) is 0 Å². The van der Waals surface area contributed by atoms with E-state index in [1.165, 1.54) is 19.3 Å². The number of nitrogens with one attached hydrogen (secondary N) is 1. The third-order valence-corrected chi connectivity index (χ3v) is 3.88. The molecule has 1 saturated heterocycles. The Kier molecular flexibility index (Phi) is 6.30. The molecule has 4 nitrogen and oxygen atoms in total. The van der Waals surface area contributed by atoms with Gasteiger partial charge in [-0.25, -0.2) is 4.98 Å². The fourth-order valence-electron chi connectivity index (χ4n) is 2.90. The minimum absolute atomic E-state index is 0.520. The first kappa shape index (κ1) is 16.1. The van der Waals surface area contributed by atoms with Crippen LogP contribution in [-0.2, 0) is 0 Å². The van der Waals surface area contributed by atoms with E-state index in [-0.39, 0.29) is 0 Å². The van der Waals surface area contributed by atoms with Crippen molar-refractivity contribution in [2.45, 2.75) is 46.1 Å². The van der Waals surface area contributed by atoms with E-state index in [0.717, 1.165) is 31.2 Å². The first-order valence-electron chi connectivity index (χ1n) is 8.27. The highest BCUT2D eigenvalue weighted by Gasteiger charge is 2.25. The van der Waals surface area contributed by atoms with E-state index < -0.39 is 0 Å². The van der Waals surface area contributed by atoms with Gasteiger partial charge in [-0.15, -0.1) is 0 Å². The maximum atomic E-state index is 5.76. The molecule has 2 rings (SSSR count). The van der Waals surface area contributed by atoms with Crippen LogP contribution in [0.2, 0.25) is 0 Å². The second-order valence-electron chi connectivity index (χ2n) is 6.15. The van der Waals surface area contributed by atoms with E-state index in [9.17, 15) is 0 Å². The lowest BCUT2D eigenvalue weighted by molar-refractivity contribution is 0.334. The van der Waals surface area contributed by atoms with Gasteiger partial charge in [0.15, 0.2) is 11.6 Å². The van der Waals surface area contributed by atoms with Crippen molar-refractivity contribution < 1.29 is 4.74 Å². The Balaban J connectivity index is 2.07. The van der Waals surface area contributed by atoms with Crippen LogP contribution >= 0.6 is 0 Å². The van der Waals surface area contributed by atoms with Gasteiger partial charge in [0.25, 0.3) is 0 Å². The number of pyridine rings is 1. The SMILES string of the molecule is CCOc1cccnc1N1CCCCC1CNCC(C)C. The highest BCUT2D eigenvalue weighted by Crippen LogP contribution is 2.30. The molecule has 1 fully saturated rings. The molecule has 0 amide bonds. The van der Waals surface area contributed by atoms with Crippen LogP contribution in [0.5, 0.6) is 5.75 Å². The molecule has 1 atom stereocenters. The Morgan fingerprint density at radius 2 is 2.29 bits per heavy atom. The molecule has 1 aliphatic heterocycles. The molecule has 0 radical (unpaired) electrons. The van der Waals surface area contributed by atoms with Gasteiger partial charge in [-0.2, -0.15) is 0 Å². The Labute approximate surface area is 128 Å². The molecule has 0 saturated carbocycles. The summed E-state index contributed by atoms with van der Waals surface area (Å²) in [6, 6.07) is 4.50. The number of piperidine rings is 1. The summed E-state index contributed by atoms with van der Waals surface area (Å²) in [6.07, 6.45) is 5.64. The molecule has 0 spiro atoms. The number of anilines is 1. The van der Waals surface area contributed by atoms with Gasteiger partial charge in [-0.3, -0.25) is 0 Å².